The molecule has 0 bridgehead atoms. The summed E-state index contributed by atoms with van der Waals surface area (Å²) in [5.74, 6) is 0.332. The molecule has 0 amide bonds. The van der Waals surface area contributed by atoms with E-state index in [2.05, 4.69) is 10.3 Å². The van der Waals surface area contributed by atoms with Crippen LogP contribution in [0.2, 0.25) is 0 Å². The summed E-state index contributed by atoms with van der Waals surface area (Å²) in [6.07, 6.45) is 3.60. The van der Waals surface area contributed by atoms with E-state index in [1.165, 1.54) is 16.4 Å². The molecule has 2 aliphatic heterocycles. The van der Waals surface area contributed by atoms with Crippen molar-refractivity contribution in [3.8, 4) is 5.75 Å². The van der Waals surface area contributed by atoms with E-state index in [-0.39, 0.29) is 29.0 Å². The molecule has 1 saturated carbocycles. The molecule has 3 heterocycles. The van der Waals surface area contributed by atoms with E-state index in [1.807, 2.05) is 6.07 Å². The fourth-order valence-electron chi connectivity index (χ4n) is 6.01. The van der Waals surface area contributed by atoms with Gasteiger partial charge in [0, 0.05) is 37.3 Å². The zero-order valence-electron chi connectivity index (χ0n) is 23.8. The lowest BCUT2D eigenvalue weighted by Crippen LogP contribution is -2.47. The molecule has 3 fully saturated rings. The molecule has 0 radical (unpaired) electrons. The minimum atomic E-state index is -3.66. The van der Waals surface area contributed by atoms with Gasteiger partial charge in [0.15, 0.2) is 9.84 Å². The Morgan fingerprint density at radius 3 is 2.56 bits per heavy atom. The molecule has 3 aromatic rings. The highest BCUT2D eigenvalue weighted by Gasteiger charge is 2.54. The second-order valence-corrected chi connectivity index (χ2v) is 16.1. The molecule has 1 aromatic heterocycles. The Kier molecular flexibility index (Phi) is 8.26. The molecule has 2 saturated heterocycles. The van der Waals surface area contributed by atoms with Gasteiger partial charge in [0.2, 0.25) is 10.0 Å². The molecule has 232 valence electrons. The first-order valence-corrected chi connectivity index (χ1v) is 17.5. The smallest absolute Gasteiger partial charge is 0.243 e. The lowest BCUT2D eigenvalue weighted by Gasteiger charge is -2.38. The number of hydrogen-bond acceptors (Lipinski definition) is 10. The summed E-state index contributed by atoms with van der Waals surface area (Å²) in [7, 11) is -7.30. The summed E-state index contributed by atoms with van der Waals surface area (Å²) in [4.78, 5) is 4.63. The first kappa shape index (κ1) is 30.4. The van der Waals surface area contributed by atoms with Gasteiger partial charge in [0.25, 0.3) is 0 Å². The number of nitrogens with one attached hydrogen (secondary N) is 1. The van der Waals surface area contributed by atoms with Crippen LogP contribution >= 0.6 is 0 Å². The topological polar surface area (TPSA) is 155 Å². The second-order valence-electron chi connectivity index (χ2n) is 11.8. The third kappa shape index (κ3) is 6.04. The lowest BCUT2D eigenvalue weighted by atomic mass is 9.88. The van der Waals surface area contributed by atoms with Crippen LogP contribution in [0.4, 0.5) is 0 Å². The minimum absolute atomic E-state index is 0.00692. The van der Waals surface area contributed by atoms with Crippen molar-refractivity contribution in [1.82, 2.24) is 14.6 Å². The monoisotopic (exact) mass is 631 g/mol. The maximum Gasteiger partial charge on any atom is 0.243 e. The predicted octanol–water partition coefficient (Wildman–Crippen LogP) is 1.88. The number of aliphatic hydroxyl groups excluding tert-OH is 2. The van der Waals surface area contributed by atoms with Crippen molar-refractivity contribution in [1.29, 1.82) is 0 Å². The number of pyridine rings is 1. The van der Waals surface area contributed by atoms with Crippen molar-refractivity contribution in [2.24, 2.45) is 0 Å². The molecular formula is C30H37N3O8S2. The van der Waals surface area contributed by atoms with Gasteiger partial charge in [-0.2, -0.15) is 4.31 Å². The molecule has 2 unspecified atom stereocenters. The Bertz CT molecular complexity index is 1690. The quantitative estimate of drug-likeness (QED) is 0.286. The first-order chi connectivity index (χ1) is 20.6. The van der Waals surface area contributed by atoms with E-state index in [1.54, 1.807) is 42.6 Å². The number of piperidine rings is 1. The summed E-state index contributed by atoms with van der Waals surface area (Å²) in [6, 6.07) is 14.8. The Hall–Kier alpha value is -2.65. The fourth-order valence-corrected chi connectivity index (χ4v) is 9.32. The molecule has 2 atom stereocenters. The van der Waals surface area contributed by atoms with Crippen LogP contribution in [0.3, 0.4) is 0 Å². The number of nitrogens with zero attached hydrogens (tertiary/aromatic N) is 2. The Morgan fingerprint density at radius 2 is 1.81 bits per heavy atom. The maximum absolute atomic E-state index is 13.3. The van der Waals surface area contributed by atoms with Gasteiger partial charge in [-0.1, -0.05) is 12.1 Å². The third-order valence-electron chi connectivity index (χ3n) is 8.92. The number of hydrogen-bond donors (Lipinski definition) is 3. The average molecular weight is 632 g/mol. The second kappa shape index (κ2) is 11.7. The standard InChI is InChI=1S/C30H37N3O8S2/c34-21-30(8-9-30)42(36,37)26-5-1-4-25(16-26)40-20-24(35)18-32-23-17-29(41-19-23)10-13-33(14-11-29)43(38,39)27-6-7-28-22(15-27)3-2-12-31-28/h1-7,12,15-16,23-24,32,34-35H,8-11,13-14,17-21H2. The van der Waals surface area contributed by atoms with E-state index in [0.717, 1.165) is 10.9 Å². The van der Waals surface area contributed by atoms with Crippen LogP contribution in [-0.2, 0) is 24.6 Å². The summed E-state index contributed by atoms with van der Waals surface area (Å²) >= 11 is 0. The van der Waals surface area contributed by atoms with Gasteiger partial charge in [0.1, 0.15) is 18.5 Å². The van der Waals surface area contributed by atoms with Crippen molar-refractivity contribution < 1.29 is 36.5 Å². The number of aliphatic hydroxyl groups is 2. The molecule has 2 aromatic carbocycles. The normalized spacial score (nSPS) is 22.5. The fraction of sp³-hybridized carbons (Fsp3) is 0.500. The molecule has 1 spiro atoms. The minimum Gasteiger partial charge on any atom is -0.491 e. The number of fused-ring (bicyclic) bond motifs is 1. The van der Waals surface area contributed by atoms with Gasteiger partial charge >= 0.3 is 0 Å². The summed E-state index contributed by atoms with van der Waals surface area (Å²) in [5, 5.41) is 24.2. The van der Waals surface area contributed by atoms with Crippen LogP contribution in [0, 0.1) is 0 Å². The largest absolute Gasteiger partial charge is 0.491 e. The third-order valence-corrected chi connectivity index (χ3v) is 13.4. The van der Waals surface area contributed by atoms with Crippen molar-refractivity contribution >= 4 is 30.8 Å². The molecule has 13 heteroatoms. The Labute approximate surface area is 251 Å². The molecule has 11 nitrogen and oxygen atoms in total. The molecular weight excluding hydrogens is 594 g/mol. The SMILES string of the molecule is O=S(=O)(c1ccc2ncccc2c1)N1CCC2(CC1)CC(NCC(O)COc1cccc(S(=O)(=O)C3(CO)CC3)c1)CO2. The highest BCUT2D eigenvalue weighted by Crippen LogP contribution is 2.46. The van der Waals surface area contributed by atoms with Gasteiger partial charge in [-0.25, -0.2) is 16.8 Å². The van der Waals surface area contributed by atoms with Gasteiger partial charge in [-0.05, 0) is 74.6 Å². The number of aromatic nitrogens is 1. The van der Waals surface area contributed by atoms with Crippen LogP contribution in [-0.4, -0.2) is 98.3 Å². The van der Waals surface area contributed by atoms with Crippen molar-refractivity contribution in [2.75, 3.05) is 39.5 Å². The van der Waals surface area contributed by atoms with Crippen molar-refractivity contribution in [3.63, 3.8) is 0 Å². The van der Waals surface area contributed by atoms with E-state index in [0.29, 0.717) is 57.6 Å². The van der Waals surface area contributed by atoms with E-state index in [4.69, 9.17) is 9.47 Å². The lowest BCUT2D eigenvalue weighted by molar-refractivity contribution is -0.0312. The molecule has 43 heavy (non-hydrogen) atoms. The number of benzene rings is 2. The Balaban J connectivity index is 0.971. The number of sulfone groups is 1. The van der Waals surface area contributed by atoms with Crippen molar-refractivity contribution in [3.05, 3.63) is 60.8 Å². The van der Waals surface area contributed by atoms with Gasteiger partial charge in [-0.3, -0.25) is 4.98 Å². The van der Waals surface area contributed by atoms with Crippen molar-refractivity contribution in [2.45, 2.75) is 64.4 Å². The average Bonchev–Trinajstić information content (AvgIpc) is 3.75. The van der Waals surface area contributed by atoms with Crippen LogP contribution in [0.1, 0.15) is 32.1 Å². The number of sulfonamides is 1. The summed E-state index contributed by atoms with van der Waals surface area (Å²) in [5.41, 5.74) is 0.344. The predicted molar refractivity (Wildman–Crippen MR) is 159 cm³/mol. The van der Waals surface area contributed by atoms with Crippen LogP contribution in [0.5, 0.6) is 5.75 Å². The van der Waals surface area contributed by atoms with E-state index in [9.17, 15) is 27.0 Å². The van der Waals surface area contributed by atoms with Gasteiger partial charge < -0.3 is 25.0 Å². The molecule has 6 rings (SSSR count). The zero-order valence-corrected chi connectivity index (χ0v) is 25.4. The summed E-state index contributed by atoms with van der Waals surface area (Å²) in [6.45, 7) is 1.02. The zero-order chi connectivity index (χ0) is 30.3. The Morgan fingerprint density at radius 1 is 1.02 bits per heavy atom. The highest BCUT2D eigenvalue weighted by molar-refractivity contribution is 7.93. The van der Waals surface area contributed by atoms with E-state index < -0.39 is 42.9 Å². The molecule has 1 aliphatic carbocycles. The molecule has 3 aliphatic rings. The summed E-state index contributed by atoms with van der Waals surface area (Å²) < 4.78 is 64.7. The van der Waals surface area contributed by atoms with Crippen LogP contribution in [0.25, 0.3) is 10.9 Å². The van der Waals surface area contributed by atoms with Gasteiger partial charge in [0.05, 0.1) is 38.9 Å². The maximum atomic E-state index is 13.3. The highest BCUT2D eigenvalue weighted by atomic mass is 32.2. The number of ether oxygens (including phenoxy) is 2. The van der Waals surface area contributed by atoms with Gasteiger partial charge in [-0.15, -0.1) is 0 Å². The van der Waals surface area contributed by atoms with Crippen LogP contribution in [0.15, 0.2) is 70.6 Å². The first-order valence-electron chi connectivity index (χ1n) is 14.5. The molecule has 3 N–H and O–H groups in total. The number of rotatable bonds is 11. The van der Waals surface area contributed by atoms with E-state index >= 15 is 0 Å². The van der Waals surface area contributed by atoms with Crippen LogP contribution < -0.4 is 10.1 Å².